The van der Waals surface area contributed by atoms with Gasteiger partial charge >= 0.3 is 5.69 Å². The van der Waals surface area contributed by atoms with E-state index in [0.29, 0.717) is 13.1 Å². The van der Waals surface area contributed by atoms with Gasteiger partial charge < -0.3 is 9.88 Å². The number of aryl methyl sites for hydroxylation is 1. The molecule has 0 bridgehead atoms. The Kier molecular flexibility index (Phi) is 5.69. The van der Waals surface area contributed by atoms with Crippen molar-refractivity contribution in [3.8, 4) is 0 Å². The quantitative estimate of drug-likeness (QED) is 0.566. The van der Waals surface area contributed by atoms with Crippen molar-refractivity contribution in [3.05, 3.63) is 50.4 Å². The Morgan fingerprint density at radius 2 is 1.84 bits per heavy atom. The number of hydrogen-bond donors (Lipinski definition) is 1. The van der Waals surface area contributed by atoms with Crippen LogP contribution in [0.25, 0.3) is 11.2 Å². The minimum Gasteiger partial charge on any atom is -0.323 e. The van der Waals surface area contributed by atoms with Gasteiger partial charge in [-0.3, -0.25) is 18.7 Å². The van der Waals surface area contributed by atoms with E-state index in [2.05, 4.69) is 10.3 Å². The Hall–Kier alpha value is -2.96. The van der Waals surface area contributed by atoms with E-state index in [4.69, 9.17) is 11.6 Å². The summed E-state index contributed by atoms with van der Waals surface area (Å²) in [5, 5.41) is 2.77. The molecule has 1 saturated heterocycles. The maximum absolute atomic E-state index is 12.8. The number of nitrogens with zero attached hydrogens (tertiary/aromatic N) is 5. The summed E-state index contributed by atoms with van der Waals surface area (Å²) < 4.78 is 30.5. The minimum atomic E-state index is -3.68. The summed E-state index contributed by atoms with van der Waals surface area (Å²) >= 11 is 6.18. The molecule has 11 nitrogen and oxygen atoms in total. The molecule has 0 atom stereocenters. The SMILES string of the molecule is Cn1c(=O)c2c(ncn2CC(=O)Nc2cc(S(=O)(=O)N3CCCC3)ccc2Cl)n(C)c1=O. The highest BCUT2D eigenvalue weighted by atomic mass is 35.5. The predicted molar refractivity (Wildman–Crippen MR) is 118 cm³/mol. The van der Waals surface area contributed by atoms with Gasteiger partial charge in [-0.2, -0.15) is 4.31 Å². The Morgan fingerprint density at radius 1 is 1.16 bits per heavy atom. The fourth-order valence-electron chi connectivity index (χ4n) is 3.70. The summed E-state index contributed by atoms with van der Waals surface area (Å²) in [6.45, 7) is 0.624. The number of fused-ring (bicyclic) bond motifs is 1. The lowest BCUT2D eigenvalue weighted by molar-refractivity contribution is -0.116. The smallest absolute Gasteiger partial charge is 0.323 e. The van der Waals surface area contributed by atoms with Crippen LogP contribution in [0.2, 0.25) is 5.02 Å². The van der Waals surface area contributed by atoms with Crippen LogP contribution in [0.15, 0.2) is 39.0 Å². The molecule has 1 aliphatic heterocycles. The van der Waals surface area contributed by atoms with E-state index in [1.165, 1.54) is 52.1 Å². The lowest BCUT2D eigenvalue weighted by atomic mass is 10.3. The van der Waals surface area contributed by atoms with Gasteiger partial charge in [0.25, 0.3) is 5.56 Å². The van der Waals surface area contributed by atoms with Crippen LogP contribution in [0.1, 0.15) is 12.8 Å². The van der Waals surface area contributed by atoms with Crippen molar-refractivity contribution >= 4 is 44.4 Å². The molecule has 1 amide bonds. The maximum atomic E-state index is 12.8. The average molecular weight is 481 g/mol. The largest absolute Gasteiger partial charge is 0.332 e. The molecule has 1 N–H and O–H groups in total. The van der Waals surface area contributed by atoms with Gasteiger partial charge in [-0.05, 0) is 31.0 Å². The van der Waals surface area contributed by atoms with Gasteiger partial charge in [0.2, 0.25) is 15.9 Å². The zero-order valence-corrected chi connectivity index (χ0v) is 19.0. The lowest BCUT2D eigenvalue weighted by Crippen LogP contribution is -2.37. The number of carbonyl (C=O) groups excluding carboxylic acids is 1. The van der Waals surface area contributed by atoms with Crippen molar-refractivity contribution in [2.75, 3.05) is 18.4 Å². The highest BCUT2D eigenvalue weighted by Gasteiger charge is 2.28. The second-order valence-electron chi connectivity index (χ2n) is 7.55. The Balaban J connectivity index is 1.62. The normalized spacial score (nSPS) is 14.8. The van der Waals surface area contributed by atoms with Crippen LogP contribution in [-0.2, 0) is 35.5 Å². The van der Waals surface area contributed by atoms with Gasteiger partial charge in [-0.15, -0.1) is 0 Å². The molecule has 1 fully saturated rings. The standard InChI is InChI=1S/C19H21ClN6O5S/c1-23-17-16(18(28)24(2)19(23)29)25(11-21-17)10-15(27)22-14-9-12(5-6-13(14)20)32(30,31)26-7-3-4-8-26/h5-6,9,11H,3-4,7-8,10H2,1-2H3,(H,22,27). The molecular formula is C19H21ClN6O5S. The van der Waals surface area contributed by atoms with E-state index < -0.39 is 27.2 Å². The number of aromatic nitrogens is 4. The number of carbonyl (C=O) groups is 1. The first kappa shape index (κ1) is 22.2. The number of halogens is 1. The topological polar surface area (TPSA) is 128 Å². The van der Waals surface area contributed by atoms with Gasteiger partial charge in [0.05, 0.1) is 21.9 Å². The van der Waals surface area contributed by atoms with E-state index in [1.807, 2.05) is 0 Å². The van der Waals surface area contributed by atoms with Gasteiger partial charge in [-0.25, -0.2) is 18.2 Å². The highest BCUT2D eigenvalue weighted by Crippen LogP contribution is 2.28. The molecule has 0 spiro atoms. The van der Waals surface area contributed by atoms with Crippen LogP contribution >= 0.6 is 11.6 Å². The Labute approximate surface area is 187 Å². The number of hydrogen-bond acceptors (Lipinski definition) is 6. The zero-order valence-electron chi connectivity index (χ0n) is 17.4. The summed E-state index contributed by atoms with van der Waals surface area (Å²) in [5.41, 5.74) is -0.712. The second kappa shape index (κ2) is 8.19. The number of benzene rings is 1. The van der Waals surface area contributed by atoms with Gasteiger partial charge in [0, 0.05) is 27.2 Å². The lowest BCUT2D eigenvalue weighted by Gasteiger charge is -2.17. The first-order valence-electron chi connectivity index (χ1n) is 9.81. The molecule has 32 heavy (non-hydrogen) atoms. The maximum Gasteiger partial charge on any atom is 0.332 e. The first-order chi connectivity index (χ1) is 15.1. The van der Waals surface area contributed by atoms with E-state index in [9.17, 15) is 22.8 Å². The number of anilines is 1. The summed E-state index contributed by atoms with van der Waals surface area (Å²) in [6, 6.07) is 4.14. The van der Waals surface area contributed by atoms with E-state index in [1.54, 1.807) is 0 Å². The van der Waals surface area contributed by atoms with Crippen LogP contribution in [-0.4, -0.2) is 50.4 Å². The van der Waals surface area contributed by atoms with Gasteiger partial charge in [-0.1, -0.05) is 11.6 Å². The third-order valence-corrected chi connectivity index (χ3v) is 7.67. The van der Waals surface area contributed by atoms with Crippen LogP contribution in [0.5, 0.6) is 0 Å². The highest BCUT2D eigenvalue weighted by molar-refractivity contribution is 7.89. The molecule has 13 heteroatoms. The molecule has 3 aromatic rings. The van der Waals surface area contributed by atoms with Gasteiger partial charge in [0.15, 0.2) is 11.2 Å². The number of imidazole rings is 1. The van der Waals surface area contributed by atoms with Crippen molar-refractivity contribution in [1.82, 2.24) is 23.0 Å². The number of sulfonamides is 1. The number of amides is 1. The minimum absolute atomic E-state index is 0.0380. The molecule has 2 aromatic heterocycles. The summed E-state index contributed by atoms with van der Waals surface area (Å²) in [5.74, 6) is -0.544. The Morgan fingerprint density at radius 3 is 2.53 bits per heavy atom. The molecule has 1 aliphatic rings. The Bertz CT molecular complexity index is 1450. The number of nitrogens with one attached hydrogen (secondary N) is 1. The molecule has 1 aromatic carbocycles. The van der Waals surface area contributed by atoms with E-state index in [0.717, 1.165) is 17.4 Å². The molecule has 0 radical (unpaired) electrons. The van der Waals surface area contributed by atoms with Crippen molar-refractivity contribution in [3.63, 3.8) is 0 Å². The van der Waals surface area contributed by atoms with Crippen molar-refractivity contribution in [2.24, 2.45) is 14.1 Å². The van der Waals surface area contributed by atoms with Crippen molar-refractivity contribution < 1.29 is 13.2 Å². The third-order valence-electron chi connectivity index (χ3n) is 5.45. The van der Waals surface area contributed by atoms with Crippen LogP contribution in [0.3, 0.4) is 0 Å². The number of rotatable bonds is 5. The molecule has 0 unspecified atom stereocenters. The molecule has 4 rings (SSSR count). The summed E-state index contributed by atoms with van der Waals surface area (Å²) in [7, 11) is -0.859. The van der Waals surface area contributed by atoms with Crippen LogP contribution in [0.4, 0.5) is 5.69 Å². The van der Waals surface area contributed by atoms with Crippen molar-refractivity contribution in [2.45, 2.75) is 24.3 Å². The van der Waals surface area contributed by atoms with E-state index in [-0.39, 0.29) is 33.3 Å². The fraction of sp³-hybridized carbons (Fsp3) is 0.368. The van der Waals surface area contributed by atoms with Crippen LogP contribution < -0.4 is 16.6 Å². The third kappa shape index (κ3) is 3.74. The fourth-order valence-corrected chi connectivity index (χ4v) is 5.41. The zero-order chi connectivity index (χ0) is 23.2. The van der Waals surface area contributed by atoms with Crippen LogP contribution in [0, 0.1) is 0 Å². The molecule has 3 heterocycles. The summed E-state index contributed by atoms with van der Waals surface area (Å²) in [4.78, 5) is 41.4. The first-order valence-corrected chi connectivity index (χ1v) is 11.6. The molecule has 170 valence electrons. The second-order valence-corrected chi connectivity index (χ2v) is 9.90. The monoisotopic (exact) mass is 480 g/mol. The summed E-state index contributed by atoms with van der Waals surface area (Å²) in [6.07, 6.45) is 2.90. The average Bonchev–Trinajstić information content (AvgIpc) is 3.43. The molecular weight excluding hydrogens is 460 g/mol. The molecule has 0 aliphatic carbocycles. The van der Waals surface area contributed by atoms with E-state index >= 15 is 0 Å². The van der Waals surface area contributed by atoms with Gasteiger partial charge in [0.1, 0.15) is 6.54 Å². The van der Waals surface area contributed by atoms with Crippen molar-refractivity contribution in [1.29, 1.82) is 0 Å². The predicted octanol–water partition coefficient (Wildman–Crippen LogP) is 0.510. The molecule has 0 saturated carbocycles.